The van der Waals surface area contributed by atoms with Gasteiger partial charge in [-0.2, -0.15) is 11.3 Å². The van der Waals surface area contributed by atoms with E-state index in [2.05, 4.69) is 5.92 Å². The van der Waals surface area contributed by atoms with Gasteiger partial charge in [0.25, 0.3) is 0 Å². The van der Waals surface area contributed by atoms with E-state index in [1.54, 1.807) is 11.4 Å². The van der Waals surface area contributed by atoms with E-state index in [9.17, 15) is 4.39 Å². The minimum Gasteiger partial charge on any atom is -0.151 e. The first kappa shape index (κ1) is 5.33. The third kappa shape index (κ3) is 1.08. The predicted molar refractivity (Wildman–Crippen MR) is 32.3 cm³/mol. The second-order valence-corrected chi connectivity index (χ2v) is 2.01. The monoisotopic (exact) mass is 126 g/mol. The Kier molecular flexibility index (Phi) is 1.66. The number of hydrogen-bond acceptors (Lipinski definition) is 1. The smallest absolute Gasteiger partial charge is 0.111 e. The fraction of sp³-hybridized carbons (Fsp3) is 0. The molecular weight excluding hydrogens is 123 g/mol. The first-order valence-corrected chi connectivity index (χ1v) is 3.01. The Labute approximate surface area is 51.0 Å². The van der Waals surface area contributed by atoms with Crippen LogP contribution in [-0.2, 0) is 0 Å². The van der Waals surface area contributed by atoms with Gasteiger partial charge in [0.05, 0.1) is 0 Å². The Morgan fingerprint density at radius 3 is 3.00 bits per heavy atom. The highest BCUT2D eigenvalue weighted by atomic mass is 32.1. The van der Waals surface area contributed by atoms with E-state index in [1.165, 1.54) is 17.5 Å². The van der Waals surface area contributed by atoms with Crippen LogP contribution in [0, 0.1) is 12.1 Å². The summed E-state index contributed by atoms with van der Waals surface area (Å²) >= 11 is 1.51. The summed E-state index contributed by atoms with van der Waals surface area (Å²) in [6, 6.07) is 1.78. The van der Waals surface area contributed by atoms with E-state index in [-0.39, 0.29) is 0 Å². The van der Waals surface area contributed by atoms with E-state index in [1.807, 2.05) is 5.38 Å². The standard InChI is InChI=1S/C6H3FS/c7-3-1-6-2-4-8-5-6/h2,4-5H. The van der Waals surface area contributed by atoms with Crippen LogP contribution in [0.2, 0.25) is 0 Å². The van der Waals surface area contributed by atoms with E-state index in [0.29, 0.717) is 0 Å². The van der Waals surface area contributed by atoms with Crippen molar-refractivity contribution in [1.82, 2.24) is 0 Å². The van der Waals surface area contributed by atoms with Crippen molar-refractivity contribution in [1.29, 1.82) is 0 Å². The molecule has 0 aliphatic carbocycles. The zero-order valence-corrected chi connectivity index (χ0v) is 4.83. The fourth-order valence-electron chi connectivity index (χ4n) is 0.390. The predicted octanol–water partition coefficient (Wildman–Crippen LogP) is 2.03. The van der Waals surface area contributed by atoms with Gasteiger partial charge < -0.3 is 0 Å². The average molecular weight is 126 g/mol. The molecule has 0 N–H and O–H groups in total. The summed E-state index contributed by atoms with van der Waals surface area (Å²) in [5, 5.41) is 3.66. The molecule has 0 aliphatic heterocycles. The lowest BCUT2D eigenvalue weighted by Crippen LogP contribution is -1.56. The molecule has 0 aromatic carbocycles. The second kappa shape index (κ2) is 2.49. The Hall–Kier alpha value is -0.810. The number of rotatable bonds is 0. The summed E-state index contributed by atoms with van der Waals surface area (Å²) in [6.07, 6.45) is 1.33. The van der Waals surface area contributed by atoms with Crippen molar-refractivity contribution >= 4 is 11.3 Å². The van der Waals surface area contributed by atoms with Crippen molar-refractivity contribution in [2.24, 2.45) is 0 Å². The molecule has 0 saturated carbocycles. The van der Waals surface area contributed by atoms with Crippen LogP contribution in [0.4, 0.5) is 4.39 Å². The number of halogens is 1. The van der Waals surface area contributed by atoms with Gasteiger partial charge in [-0.15, -0.1) is 4.39 Å². The van der Waals surface area contributed by atoms with Crippen LogP contribution in [0.1, 0.15) is 5.56 Å². The molecule has 0 nitrogen and oxygen atoms in total. The molecule has 0 spiro atoms. The molecule has 8 heavy (non-hydrogen) atoms. The van der Waals surface area contributed by atoms with Crippen molar-refractivity contribution in [3.8, 4) is 12.1 Å². The van der Waals surface area contributed by atoms with Crippen molar-refractivity contribution in [2.75, 3.05) is 0 Å². The largest absolute Gasteiger partial charge is 0.151 e. The zero-order valence-electron chi connectivity index (χ0n) is 4.02. The summed E-state index contributed by atoms with van der Waals surface area (Å²) in [5.41, 5.74) is 0.748. The van der Waals surface area contributed by atoms with Gasteiger partial charge in [0.15, 0.2) is 0 Å². The lowest BCUT2D eigenvalue weighted by Gasteiger charge is -1.67. The molecule has 0 atom stereocenters. The first-order valence-electron chi connectivity index (χ1n) is 2.07. The fourth-order valence-corrected chi connectivity index (χ4v) is 0.978. The van der Waals surface area contributed by atoms with Gasteiger partial charge in [-0.25, -0.2) is 0 Å². The van der Waals surface area contributed by atoms with Crippen molar-refractivity contribution in [3.63, 3.8) is 0 Å². The van der Waals surface area contributed by atoms with Gasteiger partial charge in [-0.1, -0.05) is 0 Å². The quantitative estimate of drug-likeness (QED) is 0.466. The van der Waals surface area contributed by atoms with Crippen LogP contribution in [0.3, 0.4) is 0 Å². The topological polar surface area (TPSA) is 0 Å². The Balaban J connectivity index is 2.88. The molecule has 1 aromatic rings. The van der Waals surface area contributed by atoms with Gasteiger partial charge in [-0.05, 0) is 17.4 Å². The van der Waals surface area contributed by atoms with Gasteiger partial charge in [0, 0.05) is 10.9 Å². The molecule has 0 aliphatic rings. The van der Waals surface area contributed by atoms with Crippen LogP contribution in [0.25, 0.3) is 0 Å². The van der Waals surface area contributed by atoms with Crippen LogP contribution < -0.4 is 0 Å². The molecule has 0 bridgehead atoms. The molecule has 2 heteroatoms. The Morgan fingerprint density at radius 1 is 1.62 bits per heavy atom. The molecule has 0 radical (unpaired) electrons. The molecule has 0 saturated heterocycles. The minimum absolute atomic E-state index is 0.748. The van der Waals surface area contributed by atoms with E-state index in [0.717, 1.165) is 5.56 Å². The molecule has 1 rings (SSSR count). The minimum atomic E-state index is 0.748. The first-order chi connectivity index (χ1) is 3.93. The highest BCUT2D eigenvalue weighted by Gasteiger charge is 1.81. The van der Waals surface area contributed by atoms with Gasteiger partial charge in [0.2, 0.25) is 0 Å². The van der Waals surface area contributed by atoms with Crippen molar-refractivity contribution in [3.05, 3.63) is 22.4 Å². The van der Waals surface area contributed by atoms with E-state index in [4.69, 9.17) is 0 Å². The molecule has 40 valence electrons. The van der Waals surface area contributed by atoms with E-state index < -0.39 is 0 Å². The highest BCUT2D eigenvalue weighted by molar-refractivity contribution is 7.08. The lowest BCUT2D eigenvalue weighted by molar-refractivity contribution is 0.774. The van der Waals surface area contributed by atoms with Crippen molar-refractivity contribution in [2.45, 2.75) is 0 Å². The summed E-state index contributed by atoms with van der Waals surface area (Å²) in [5.74, 6) is 2.28. The molecule has 0 fully saturated rings. The average Bonchev–Trinajstić information content (AvgIpc) is 2.19. The Bertz CT molecular complexity index is 202. The van der Waals surface area contributed by atoms with Crippen LogP contribution >= 0.6 is 11.3 Å². The summed E-state index contributed by atoms with van der Waals surface area (Å²) in [6.45, 7) is 0. The van der Waals surface area contributed by atoms with Crippen LogP contribution in [-0.4, -0.2) is 0 Å². The summed E-state index contributed by atoms with van der Waals surface area (Å²) < 4.78 is 11.2. The van der Waals surface area contributed by atoms with Crippen molar-refractivity contribution < 1.29 is 4.39 Å². The Morgan fingerprint density at radius 2 is 2.50 bits per heavy atom. The number of thiophene rings is 1. The van der Waals surface area contributed by atoms with Crippen LogP contribution in [0.5, 0.6) is 0 Å². The maximum absolute atomic E-state index is 11.2. The third-order valence-electron chi connectivity index (χ3n) is 0.713. The SMILES string of the molecule is FC#Cc1ccsc1. The van der Waals surface area contributed by atoms with Crippen LogP contribution in [0.15, 0.2) is 16.8 Å². The molecular formula is C6H3FS. The maximum atomic E-state index is 11.2. The summed E-state index contributed by atoms with van der Waals surface area (Å²) in [4.78, 5) is 0. The van der Waals surface area contributed by atoms with Gasteiger partial charge in [-0.3, -0.25) is 0 Å². The molecule has 0 amide bonds. The van der Waals surface area contributed by atoms with E-state index >= 15 is 0 Å². The highest BCUT2D eigenvalue weighted by Crippen LogP contribution is 2.02. The second-order valence-electron chi connectivity index (χ2n) is 1.23. The zero-order chi connectivity index (χ0) is 5.82. The molecule has 1 heterocycles. The molecule has 1 aromatic heterocycles. The summed E-state index contributed by atoms with van der Waals surface area (Å²) in [7, 11) is 0. The molecule has 0 unspecified atom stereocenters. The maximum Gasteiger partial charge on any atom is 0.111 e. The third-order valence-corrected chi connectivity index (χ3v) is 1.40. The van der Waals surface area contributed by atoms with Gasteiger partial charge in [0.1, 0.15) is 6.17 Å². The van der Waals surface area contributed by atoms with Gasteiger partial charge >= 0.3 is 0 Å². The number of hydrogen-bond donors (Lipinski definition) is 0. The normalized spacial score (nSPS) is 7.62. The lowest BCUT2D eigenvalue weighted by atomic mass is 10.4.